The van der Waals surface area contributed by atoms with E-state index in [0.29, 0.717) is 38.8 Å². The van der Waals surface area contributed by atoms with E-state index in [9.17, 15) is 13.6 Å². The third-order valence-corrected chi connectivity index (χ3v) is 5.38. The van der Waals surface area contributed by atoms with Crippen molar-refractivity contribution in [2.75, 3.05) is 5.32 Å². The van der Waals surface area contributed by atoms with E-state index in [1.807, 2.05) is 0 Å². The predicted molar refractivity (Wildman–Crippen MR) is 114 cm³/mol. The minimum atomic E-state index is -1.16. The summed E-state index contributed by atoms with van der Waals surface area (Å²) >= 11 is 11.8. The van der Waals surface area contributed by atoms with Crippen molar-refractivity contribution >= 4 is 34.8 Å². The van der Waals surface area contributed by atoms with Crippen molar-refractivity contribution in [2.45, 2.75) is 25.9 Å². The molecule has 1 amide bonds. The van der Waals surface area contributed by atoms with Crippen molar-refractivity contribution in [1.82, 2.24) is 0 Å². The highest BCUT2D eigenvalue weighted by atomic mass is 35.5. The Hall–Kier alpha value is -2.43. The lowest BCUT2D eigenvalue weighted by Gasteiger charge is -2.11. The Morgan fingerprint density at radius 2 is 1.72 bits per heavy atom. The second-order valence-electron chi connectivity index (χ2n) is 6.79. The van der Waals surface area contributed by atoms with Crippen LogP contribution in [-0.4, -0.2) is 5.91 Å². The van der Waals surface area contributed by atoms with Gasteiger partial charge in [0.15, 0.2) is 0 Å². The fourth-order valence-corrected chi connectivity index (χ4v) is 3.26. The van der Waals surface area contributed by atoms with Gasteiger partial charge in [0.05, 0.1) is 10.0 Å². The van der Waals surface area contributed by atoms with Crippen LogP contribution in [-0.2, 0) is 6.42 Å². The van der Waals surface area contributed by atoms with Gasteiger partial charge >= 0.3 is 0 Å². The van der Waals surface area contributed by atoms with E-state index < -0.39 is 6.17 Å². The minimum Gasteiger partial charge on any atom is -0.322 e. The first-order valence-corrected chi connectivity index (χ1v) is 9.84. The highest BCUT2D eigenvalue weighted by Crippen LogP contribution is 2.29. The molecule has 0 saturated carbocycles. The van der Waals surface area contributed by atoms with Crippen LogP contribution in [0.5, 0.6) is 0 Å². The summed E-state index contributed by atoms with van der Waals surface area (Å²) in [5, 5.41) is 3.49. The number of carbonyl (C=O) groups excluding carboxylic acids is 1. The van der Waals surface area contributed by atoms with Crippen LogP contribution in [0, 0.1) is 12.7 Å². The van der Waals surface area contributed by atoms with Gasteiger partial charge < -0.3 is 5.32 Å². The lowest BCUT2D eigenvalue weighted by atomic mass is 10.0. The molecule has 0 heterocycles. The van der Waals surface area contributed by atoms with Crippen LogP contribution in [0.3, 0.4) is 0 Å². The van der Waals surface area contributed by atoms with Crippen LogP contribution in [0.1, 0.15) is 39.6 Å². The molecule has 0 aliphatic carbocycles. The molecule has 1 unspecified atom stereocenters. The number of halogens is 4. The Balaban J connectivity index is 1.59. The van der Waals surface area contributed by atoms with Gasteiger partial charge in [0.2, 0.25) is 0 Å². The number of benzene rings is 3. The molecular weight excluding hydrogens is 415 g/mol. The van der Waals surface area contributed by atoms with Crippen molar-refractivity contribution in [3.63, 3.8) is 0 Å². The van der Waals surface area contributed by atoms with E-state index in [-0.39, 0.29) is 18.1 Å². The van der Waals surface area contributed by atoms with Crippen LogP contribution >= 0.6 is 23.2 Å². The maximum absolute atomic E-state index is 14.5. The van der Waals surface area contributed by atoms with Gasteiger partial charge in [0.25, 0.3) is 5.91 Å². The predicted octanol–water partition coefficient (Wildman–Crippen LogP) is 7.34. The zero-order valence-corrected chi connectivity index (χ0v) is 17.2. The maximum Gasteiger partial charge on any atom is 0.255 e. The number of hydrogen-bond acceptors (Lipinski definition) is 1. The first-order chi connectivity index (χ1) is 13.8. The second-order valence-corrected chi connectivity index (χ2v) is 7.60. The molecule has 0 fully saturated rings. The molecule has 6 heteroatoms. The van der Waals surface area contributed by atoms with E-state index >= 15 is 0 Å². The summed E-state index contributed by atoms with van der Waals surface area (Å²) < 4.78 is 27.6. The zero-order chi connectivity index (χ0) is 21.0. The average molecular weight is 434 g/mol. The fraction of sp³-hybridized carbons (Fsp3) is 0.174. The number of rotatable bonds is 6. The van der Waals surface area contributed by atoms with E-state index in [4.69, 9.17) is 23.2 Å². The van der Waals surface area contributed by atoms with E-state index in [1.165, 1.54) is 18.2 Å². The smallest absolute Gasteiger partial charge is 0.255 e. The molecule has 0 aliphatic heterocycles. The third-order valence-electron chi connectivity index (χ3n) is 4.64. The van der Waals surface area contributed by atoms with Crippen molar-refractivity contribution in [1.29, 1.82) is 0 Å². The number of aryl methyl sites for hydroxylation is 2. The van der Waals surface area contributed by atoms with Crippen molar-refractivity contribution in [3.05, 3.63) is 98.8 Å². The van der Waals surface area contributed by atoms with Gasteiger partial charge in [-0.25, -0.2) is 8.78 Å². The number of amides is 1. The Morgan fingerprint density at radius 1 is 1.00 bits per heavy atom. The Bertz CT molecular complexity index is 1020. The van der Waals surface area contributed by atoms with Gasteiger partial charge in [0, 0.05) is 11.3 Å². The monoisotopic (exact) mass is 433 g/mol. The van der Waals surface area contributed by atoms with Crippen LogP contribution in [0.15, 0.2) is 60.7 Å². The first kappa shape index (κ1) is 21.3. The summed E-state index contributed by atoms with van der Waals surface area (Å²) in [6, 6.07) is 15.9. The third kappa shape index (κ3) is 5.55. The molecule has 0 bridgehead atoms. The van der Waals surface area contributed by atoms with Crippen LogP contribution in [0.2, 0.25) is 10.0 Å². The summed E-state index contributed by atoms with van der Waals surface area (Å²) in [4.78, 5) is 12.4. The molecular formula is C23H19Cl2F2NO. The topological polar surface area (TPSA) is 29.1 Å². The molecule has 0 spiro atoms. The molecule has 0 aliphatic rings. The number of carbonyl (C=O) groups is 1. The minimum absolute atomic E-state index is 0.287. The van der Waals surface area contributed by atoms with Gasteiger partial charge in [0.1, 0.15) is 12.0 Å². The molecule has 0 saturated heterocycles. The quantitative estimate of drug-likeness (QED) is 0.432. The van der Waals surface area contributed by atoms with Gasteiger partial charge in [-0.05, 0) is 78.9 Å². The summed E-state index contributed by atoms with van der Waals surface area (Å²) in [5.74, 6) is -0.637. The molecule has 1 atom stereocenters. The van der Waals surface area contributed by atoms with Crippen LogP contribution < -0.4 is 5.32 Å². The van der Waals surface area contributed by atoms with Crippen LogP contribution in [0.4, 0.5) is 14.5 Å². The fourth-order valence-electron chi connectivity index (χ4n) is 2.95. The Kier molecular flexibility index (Phi) is 6.88. The van der Waals surface area contributed by atoms with Crippen LogP contribution in [0.25, 0.3) is 0 Å². The standard InChI is InChI=1S/C23H19Cl2F2NO/c1-14-12-18(26)8-11-22(14)28-23(29)16-5-2-15(3-6-16)4-10-21(27)17-7-9-19(24)20(25)13-17/h2-3,5-9,11-13,21H,4,10H2,1H3,(H,28,29). The summed E-state index contributed by atoms with van der Waals surface area (Å²) in [5.41, 5.74) is 3.08. The second kappa shape index (κ2) is 9.38. The summed E-state index contributed by atoms with van der Waals surface area (Å²) in [6.07, 6.45) is -0.354. The normalized spacial score (nSPS) is 11.9. The van der Waals surface area contributed by atoms with E-state index in [2.05, 4.69) is 5.32 Å². The van der Waals surface area contributed by atoms with Crippen molar-refractivity contribution in [3.8, 4) is 0 Å². The molecule has 3 rings (SSSR count). The van der Waals surface area contributed by atoms with Gasteiger partial charge in [-0.2, -0.15) is 0 Å². The Morgan fingerprint density at radius 3 is 2.38 bits per heavy atom. The zero-order valence-electron chi connectivity index (χ0n) is 15.7. The van der Waals surface area contributed by atoms with E-state index in [1.54, 1.807) is 49.4 Å². The number of nitrogens with one attached hydrogen (secondary N) is 1. The molecule has 3 aromatic carbocycles. The molecule has 150 valence electrons. The SMILES string of the molecule is Cc1cc(F)ccc1NC(=O)c1ccc(CCC(F)c2ccc(Cl)c(Cl)c2)cc1. The first-order valence-electron chi connectivity index (χ1n) is 9.09. The molecule has 0 radical (unpaired) electrons. The maximum atomic E-state index is 14.5. The van der Waals surface area contributed by atoms with Gasteiger partial charge in [-0.1, -0.05) is 41.4 Å². The number of hydrogen-bond donors (Lipinski definition) is 1. The highest BCUT2D eigenvalue weighted by molar-refractivity contribution is 6.42. The number of anilines is 1. The molecule has 29 heavy (non-hydrogen) atoms. The highest BCUT2D eigenvalue weighted by Gasteiger charge is 2.13. The molecule has 3 aromatic rings. The van der Waals surface area contributed by atoms with Gasteiger partial charge in [-0.15, -0.1) is 0 Å². The molecule has 2 nitrogen and oxygen atoms in total. The summed E-state index contributed by atoms with van der Waals surface area (Å²) in [7, 11) is 0. The lowest BCUT2D eigenvalue weighted by Crippen LogP contribution is -2.12. The Labute approximate surface area is 178 Å². The van der Waals surface area contributed by atoms with Crippen molar-refractivity contribution < 1.29 is 13.6 Å². The van der Waals surface area contributed by atoms with E-state index in [0.717, 1.165) is 5.56 Å². The molecule has 0 aromatic heterocycles. The van der Waals surface area contributed by atoms with Gasteiger partial charge in [-0.3, -0.25) is 4.79 Å². The average Bonchev–Trinajstić information content (AvgIpc) is 2.70. The number of alkyl halides is 1. The lowest BCUT2D eigenvalue weighted by molar-refractivity contribution is 0.102. The summed E-state index contributed by atoms with van der Waals surface area (Å²) in [6.45, 7) is 1.73. The van der Waals surface area contributed by atoms with Crippen molar-refractivity contribution in [2.24, 2.45) is 0 Å². The largest absolute Gasteiger partial charge is 0.322 e. The molecule has 1 N–H and O–H groups in total.